The summed E-state index contributed by atoms with van der Waals surface area (Å²) in [4.78, 5) is 19.5. The Morgan fingerprint density at radius 3 is 2.60 bits per heavy atom. The number of aromatic nitrogens is 2. The number of hydrogen-bond acceptors (Lipinski definition) is 3. The monoisotopic (exact) mass is 328 g/mol. The fourth-order valence-corrected chi connectivity index (χ4v) is 2.77. The van der Waals surface area contributed by atoms with E-state index in [9.17, 15) is 4.79 Å². The normalized spacial score (nSPS) is 10.7. The molecule has 0 bridgehead atoms. The largest absolute Gasteiger partial charge is 0.489 e. The van der Waals surface area contributed by atoms with Crippen LogP contribution >= 0.6 is 0 Å². The van der Waals surface area contributed by atoms with Gasteiger partial charge in [0.15, 0.2) is 0 Å². The molecule has 1 N–H and O–H groups in total. The van der Waals surface area contributed by atoms with Crippen molar-refractivity contribution >= 4 is 16.7 Å². The van der Waals surface area contributed by atoms with Crippen molar-refractivity contribution in [2.75, 3.05) is 0 Å². The van der Waals surface area contributed by atoms with Crippen LogP contribution < -0.4 is 4.74 Å². The molecule has 0 aliphatic rings. The lowest BCUT2D eigenvalue weighted by Crippen LogP contribution is -2.02. The molecule has 0 fully saturated rings. The van der Waals surface area contributed by atoms with Crippen LogP contribution in [-0.2, 0) is 6.61 Å². The number of ether oxygens (including phenoxy) is 1. The Labute approximate surface area is 145 Å². The van der Waals surface area contributed by atoms with E-state index >= 15 is 0 Å². The van der Waals surface area contributed by atoms with E-state index in [0.717, 1.165) is 22.2 Å². The Hall–Kier alpha value is -3.40. The Balaban J connectivity index is 1.49. The lowest BCUT2D eigenvalue weighted by Gasteiger charge is -2.09. The maximum atomic E-state index is 12.3. The van der Waals surface area contributed by atoms with Crippen molar-refractivity contribution in [2.45, 2.75) is 6.61 Å². The molecule has 0 amide bonds. The number of pyridine rings is 1. The molecule has 0 saturated heterocycles. The van der Waals surface area contributed by atoms with E-state index in [-0.39, 0.29) is 5.78 Å². The minimum atomic E-state index is -0.0309. The summed E-state index contributed by atoms with van der Waals surface area (Å²) in [5, 5.41) is 1.09. The van der Waals surface area contributed by atoms with Crippen LogP contribution in [0.1, 0.15) is 21.6 Å². The second-order valence-electron chi connectivity index (χ2n) is 5.71. The van der Waals surface area contributed by atoms with Crippen LogP contribution in [-0.4, -0.2) is 15.8 Å². The SMILES string of the molecule is O=C(c1ccc(OCc2ccnc3ccccc23)cc1)c1ccc[nH]1. The van der Waals surface area contributed by atoms with Gasteiger partial charge >= 0.3 is 0 Å². The molecule has 0 atom stereocenters. The molecule has 0 radical (unpaired) electrons. The van der Waals surface area contributed by atoms with Gasteiger partial charge in [0.2, 0.25) is 5.78 Å². The van der Waals surface area contributed by atoms with E-state index in [1.807, 2.05) is 48.5 Å². The van der Waals surface area contributed by atoms with Crippen molar-refractivity contribution in [1.29, 1.82) is 0 Å². The number of para-hydroxylation sites is 1. The Morgan fingerprint density at radius 2 is 1.80 bits per heavy atom. The molecule has 25 heavy (non-hydrogen) atoms. The van der Waals surface area contributed by atoms with Crippen molar-refractivity contribution in [3.8, 4) is 5.75 Å². The summed E-state index contributed by atoms with van der Waals surface area (Å²) < 4.78 is 5.88. The van der Waals surface area contributed by atoms with Gasteiger partial charge in [-0.25, -0.2) is 0 Å². The lowest BCUT2D eigenvalue weighted by molar-refractivity contribution is 0.103. The van der Waals surface area contributed by atoms with Gasteiger partial charge in [-0.15, -0.1) is 0 Å². The highest BCUT2D eigenvalue weighted by atomic mass is 16.5. The number of carbonyl (C=O) groups is 1. The van der Waals surface area contributed by atoms with E-state index < -0.39 is 0 Å². The summed E-state index contributed by atoms with van der Waals surface area (Å²) in [5.41, 5.74) is 3.24. The first-order valence-corrected chi connectivity index (χ1v) is 8.05. The van der Waals surface area contributed by atoms with Gasteiger partial charge in [0.25, 0.3) is 0 Å². The molecule has 4 nitrogen and oxygen atoms in total. The summed E-state index contributed by atoms with van der Waals surface area (Å²) in [6.45, 7) is 0.451. The topological polar surface area (TPSA) is 55.0 Å². The second kappa shape index (κ2) is 6.61. The van der Waals surface area contributed by atoms with Gasteiger partial charge in [-0.1, -0.05) is 18.2 Å². The lowest BCUT2D eigenvalue weighted by atomic mass is 10.1. The summed E-state index contributed by atoms with van der Waals surface area (Å²) in [6.07, 6.45) is 3.53. The predicted molar refractivity (Wildman–Crippen MR) is 96.7 cm³/mol. The molecule has 2 aromatic heterocycles. The van der Waals surface area contributed by atoms with Gasteiger partial charge in [-0.3, -0.25) is 9.78 Å². The van der Waals surface area contributed by atoms with Gasteiger partial charge in [0, 0.05) is 28.9 Å². The predicted octanol–water partition coefficient (Wildman–Crippen LogP) is 4.37. The Bertz CT molecular complexity index is 1000. The summed E-state index contributed by atoms with van der Waals surface area (Å²) >= 11 is 0. The van der Waals surface area contributed by atoms with Crippen LogP contribution in [0.2, 0.25) is 0 Å². The first kappa shape index (κ1) is 15.1. The fraction of sp³-hybridized carbons (Fsp3) is 0.0476. The molecule has 2 aromatic carbocycles. The van der Waals surface area contributed by atoms with Crippen LogP contribution in [0.5, 0.6) is 5.75 Å². The molecule has 4 aromatic rings. The minimum absolute atomic E-state index is 0.0309. The van der Waals surface area contributed by atoms with Crippen molar-refractivity contribution in [2.24, 2.45) is 0 Å². The van der Waals surface area contributed by atoms with Crippen LogP contribution in [0.3, 0.4) is 0 Å². The molecule has 4 rings (SSSR count). The number of H-pyrrole nitrogens is 1. The zero-order valence-electron chi connectivity index (χ0n) is 13.5. The van der Waals surface area contributed by atoms with Crippen LogP contribution in [0.25, 0.3) is 10.9 Å². The first-order valence-electron chi connectivity index (χ1n) is 8.05. The minimum Gasteiger partial charge on any atom is -0.489 e. The number of carbonyl (C=O) groups excluding carboxylic acids is 1. The van der Waals surface area contributed by atoms with Crippen molar-refractivity contribution in [1.82, 2.24) is 9.97 Å². The molecular formula is C21H16N2O2. The van der Waals surface area contributed by atoms with E-state index in [2.05, 4.69) is 9.97 Å². The number of aromatic amines is 1. The van der Waals surface area contributed by atoms with Crippen molar-refractivity contribution in [3.63, 3.8) is 0 Å². The molecule has 0 aliphatic carbocycles. The number of rotatable bonds is 5. The zero-order valence-corrected chi connectivity index (χ0v) is 13.5. The number of nitrogens with zero attached hydrogens (tertiary/aromatic N) is 1. The molecule has 0 unspecified atom stereocenters. The van der Waals surface area contributed by atoms with E-state index in [4.69, 9.17) is 4.74 Å². The molecule has 0 aliphatic heterocycles. The standard InChI is InChI=1S/C21H16N2O2/c24-21(20-6-3-12-22-20)15-7-9-17(10-8-15)25-14-16-11-13-23-19-5-2-1-4-18(16)19/h1-13,22H,14H2. The summed E-state index contributed by atoms with van der Waals surface area (Å²) in [5.74, 6) is 0.695. The van der Waals surface area contributed by atoms with Crippen molar-refractivity contribution in [3.05, 3.63) is 95.9 Å². The smallest absolute Gasteiger partial charge is 0.209 e. The number of ketones is 1. The van der Waals surface area contributed by atoms with E-state index in [1.54, 1.807) is 30.6 Å². The molecule has 0 spiro atoms. The van der Waals surface area contributed by atoms with Crippen LogP contribution in [0, 0.1) is 0 Å². The van der Waals surface area contributed by atoms with Crippen LogP contribution in [0.4, 0.5) is 0 Å². The number of fused-ring (bicyclic) bond motifs is 1. The van der Waals surface area contributed by atoms with Gasteiger partial charge in [-0.2, -0.15) is 0 Å². The maximum absolute atomic E-state index is 12.3. The highest BCUT2D eigenvalue weighted by Crippen LogP contribution is 2.20. The maximum Gasteiger partial charge on any atom is 0.209 e. The van der Waals surface area contributed by atoms with Gasteiger partial charge in [0.1, 0.15) is 12.4 Å². The van der Waals surface area contributed by atoms with Gasteiger partial charge < -0.3 is 9.72 Å². The third kappa shape index (κ3) is 3.15. The number of benzene rings is 2. The van der Waals surface area contributed by atoms with E-state index in [1.165, 1.54) is 0 Å². The van der Waals surface area contributed by atoms with E-state index in [0.29, 0.717) is 17.9 Å². The fourth-order valence-electron chi connectivity index (χ4n) is 2.77. The first-order chi connectivity index (χ1) is 12.3. The average Bonchev–Trinajstić information content (AvgIpc) is 3.21. The third-order valence-corrected chi connectivity index (χ3v) is 4.09. The average molecular weight is 328 g/mol. The Morgan fingerprint density at radius 1 is 0.960 bits per heavy atom. The quantitative estimate of drug-likeness (QED) is 0.553. The molecule has 2 heterocycles. The molecule has 4 heteroatoms. The summed E-state index contributed by atoms with van der Waals surface area (Å²) in [7, 11) is 0. The van der Waals surface area contributed by atoms with Gasteiger partial charge in [-0.05, 0) is 48.5 Å². The summed E-state index contributed by atoms with van der Waals surface area (Å²) in [6, 6.07) is 20.7. The molecule has 0 saturated carbocycles. The number of hydrogen-bond donors (Lipinski definition) is 1. The highest BCUT2D eigenvalue weighted by molar-refractivity contribution is 6.07. The molecular weight excluding hydrogens is 312 g/mol. The Kier molecular flexibility index (Phi) is 4.01. The van der Waals surface area contributed by atoms with Gasteiger partial charge in [0.05, 0.1) is 11.2 Å². The highest BCUT2D eigenvalue weighted by Gasteiger charge is 2.09. The zero-order chi connectivity index (χ0) is 17.1. The van der Waals surface area contributed by atoms with Crippen LogP contribution in [0.15, 0.2) is 79.1 Å². The van der Waals surface area contributed by atoms with Crippen molar-refractivity contribution < 1.29 is 9.53 Å². The number of nitrogens with one attached hydrogen (secondary N) is 1. The second-order valence-corrected chi connectivity index (χ2v) is 5.71. The molecule has 122 valence electrons. The third-order valence-electron chi connectivity index (χ3n) is 4.09.